The molecule has 158 valence electrons. The molecule has 0 bridgehead atoms. The summed E-state index contributed by atoms with van der Waals surface area (Å²) in [6.45, 7) is 1.97. The predicted octanol–water partition coefficient (Wildman–Crippen LogP) is 4.52. The van der Waals surface area contributed by atoms with E-state index in [0.717, 1.165) is 11.3 Å². The Bertz CT molecular complexity index is 1040. The average molecular weight is 435 g/mol. The number of hydrogen-bond donors (Lipinski definition) is 2. The van der Waals surface area contributed by atoms with Crippen molar-refractivity contribution in [2.75, 3.05) is 22.1 Å². The lowest BCUT2D eigenvalue weighted by molar-refractivity contribution is -0.131. The molecular formula is C24H22N2O4S. The van der Waals surface area contributed by atoms with E-state index >= 15 is 0 Å². The second kappa shape index (κ2) is 11.0. The molecular weight excluding hydrogens is 412 g/mol. The van der Waals surface area contributed by atoms with Gasteiger partial charge in [-0.1, -0.05) is 35.9 Å². The lowest BCUT2D eigenvalue weighted by Gasteiger charge is -2.08. The van der Waals surface area contributed by atoms with E-state index in [9.17, 15) is 14.4 Å². The van der Waals surface area contributed by atoms with Crippen molar-refractivity contribution in [2.24, 2.45) is 0 Å². The maximum absolute atomic E-state index is 12.1. The normalized spacial score (nSPS) is 10.2. The zero-order valence-electron chi connectivity index (χ0n) is 17.0. The minimum Gasteiger partial charge on any atom is -0.426 e. The second-order valence-electron chi connectivity index (χ2n) is 6.73. The topological polar surface area (TPSA) is 84.5 Å². The standard InChI is InChI=1S/C24H22N2O4S/c1-17-7-9-19(10-8-17)25-22(27)15-31-16-23(28)30-21-13-11-20(12-14-21)26-24(29)18-5-3-2-4-6-18/h2-14H,15-16H2,1H3,(H,25,27)(H,26,29). The predicted molar refractivity (Wildman–Crippen MR) is 124 cm³/mol. The summed E-state index contributed by atoms with van der Waals surface area (Å²) in [5.74, 6) is -0.284. The summed E-state index contributed by atoms with van der Waals surface area (Å²) < 4.78 is 5.27. The van der Waals surface area contributed by atoms with Crippen LogP contribution in [0.3, 0.4) is 0 Å². The highest BCUT2D eigenvalue weighted by molar-refractivity contribution is 8.00. The number of carbonyl (C=O) groups excluding carboxylic acids is 3. The Morgan fingerprint density at radius 1 is 0.774 bits per heavy atom. The number of hydrogen-bond acceptors (Lipinski definition) is 5. The molecule has 0 unspecified atom stereocenters. The fourth-order valence-electron chi connectivity index (χ4n) is 2.62. The Balaban J connectivity index is 1.39. The highest BCUT2D eigenvalue weighted by Crippen LogP contribution is 2.17. The van der Waals surface area contributed by atoms with Gasteiger partial charge in [-0.25, -0.2) is 0 Å². The summed E-state index contributed by atoms with van der Waals surface area (Å²) in [5, 5.41) is 5.56. The van der Waals surface area contributed by atoms with Crippen LogP contribution in [-0.4, -0.2) is 29.3 Å². The molecule has 31 heavy (non-hydrogen) atoms. The minimum atomic E-state index is -0.450. The lowest BCUT2D eigenvalue weighted by Crippen LogP contribution is -2.17. The zero-order valence-corrected chi connectivity index (χ0v) is 17.8. The van der Waals surface area contributed by atoms with Gasteiger partial charge in [0.15, 0.2) is 0 Å². The van der Waals surface area contributed by atoms with Gasteiger partial charge >= 0.3 is 5.97 Å². The Hall–Kier alpha value is -3.58. The largest absolute Gasteiger partial charge is 0.426 e. The van der Waals surface area contributed by atoms with Gasteiger partial charge < -0.3 is 15.4 Å². The van der Waals surface area contributed by atoms with Gasteiger partial charge in [0, 0.05) is 16.9 Å². The molecule has 0 spiro atoms. The van der Waals surface area contributed by atoms with Gasteiger partial charge in [-0.05, 0) is 55.5 Å². The summed E-state index contributed by atoms with van der Waals surface area (Å²) in [5.41, 5.74) is 2.98. The van der Waals surface area contributed by atoms with Gasteiger partial charge in [-0.15, -0.1) is 11.8 Å². The minimum absolute atomic E-state index is 0.0494. The van der Waals surface area contributed by atoms with Crippen molar-refractivity contribution in [3.05, 3.63) is 90.0 Å². The number of aryl methyl sites for hydroxylation is 1. The maximum atomic E-state index is 12.1. The average Bonchev–Trinajstić information content (AvgIpc) is 2.77. The maximum Gasteiger partial charge on any atom is 0.321 e. The van der Waals surface area contributed by atoms with Crippen molar-refractivity contribution in [2.45, 2.75) is 6.92 Å². The third-order valence-corrected chi connectivity index (χ3v) is 5.07. The Morgan fingerprint density at radius 2 is 1.39 bits per heavy atom. The number of esters is 1. The van der Waals surface area contributed by atoms with Crippen molar-refractivity contribution in [1.29, 1.82) is 0 Å². The van der Waals surface area contributed by atoms with E-state index in [1.165, 1.54) is 11.8 Å². The van der Waals surface area contributed by atoms with E-state index in [0.29, 0.717) is 17.0 Å². The second-order valence-corrected chi connectivity index (χ2v) is 7.71. The summed E-state index contributed by atoms with van der Waals surface area (Å²) >= 11 is 1.18. The van der Waals surface area contributed by atoms with Crippen molar-refractivity contribution in [1.82, 2.24) is 0 Å². The molecule has 3 rings (SSSR count). The Labute approximate surface area is 185 Å². The smallest absolute Gasteiger partial charge is 0.321 e. The molecule has 0 saturated heterocycles. The number of ether oxygens (including phenoxy) is 1. The van der Waals surface area contributed by atoms with Crippen LogP contribution >= 0.6 is 11.8 Å². The SMILES string of the molecule is Cc1ccc(NC(=O)CSCC(=O)Oc2ccc(NC(=O)c3ccccc3)cc2)cc1. The van der Waals surface area contributed by atoms with Gasteiger partial charge in [-0.3, -0.25) is 14.4 Å². The number of benzene rings is 3. The van der Waals surface area contributed by atoms with Crippen molar-refractivity contribution in [3.8, 4) is 5.75 Å². The third-order valence-electron chi connectivity index (χ3n) is 4.17. The van der Waals surface area contributed by atoms with Crippen molar-refractivity contribution < 1.29 is 19.1 Å². The molecule has 0 aliphatic rings. The molecule has 2 N–H and O–H groups in total. The van der Waals surface area contributed by atoms with Crippen molar-refractivity contribution >= 4 is 40.9 Å². The van der Waals surface area contributed by atoms with Gasteiger partial charge in [0.1, 0.15) is 5.75 Å². The molecule has 0 heterocycles. The molecule has 0 aliphatic heterocycles. The molecule has 2 amide bonds. The van der Waals surface area contributed by atoms with Crippen molar-refractivity contribution in [3.63, 3.8) is 0 Å². The van der Waals surface area contributed by atoms with Crippen LogP contribution in [0.2, 0.25) is 0 Å². The first-order valence-electron chi connectivity index (χ1n) is 9.61. The fraction of sp³-hybridized carbons (Fsp3) is 0.125. The highest BCUT2D eigenvalue weighted by Gasteiger charge is 2.09. The number of anilines is 2. The van der Waals surface area contributed by atoms with E-state index in [-0.39, 0.29) is 23.3 Å². The van der Waals surface area contributed by atoms with E-state index in [1.807, 2.05) is 37.3 Å². The number of amides is 2. The molecule has 0 aromatic heterocycles. The fourth-order valence-corrected chi connectivity index (χ4v) is 3.21. The lowest BCUT2D eigenvalue weighted by atomic mass is 10.2. The zero-order chi connectivity index (χ0) is 22.1. The summed E-state index contributed by atoms with van der Waals surface area (Å²) in [7, 11) is 0. The van der Waals surface area contributed by atoms with Crippen LogP contribution in [0.1, 0.15) is 15.9 Å². The molecule has 0 saturated carbocycles. The van der Waals surface area contributed by atoms with Crippen LogP contribution in [0.15, 0.2) is 78.9 Å². The summed E-state index contributed by atoms with van der Waals surface area (Å²) in [6, 6.07) is 22.9. The van der Waals surface area contributed by atoms with Crippen LogP contribution in [0, 0.1) is 6.92 Å². The molecule has 0 atom stereocenters. The van der Waals surface area contributed by atoms with Gasteiger partial charge in [-0.2, -0.15) is 0 Å². The molecule has 0 fully saturated rings. The molecule has 0 radical (unpaired) electrons. The molecule has 7 heteroatoms. The van der Waals surface area contributed by atoms with Gasteiger partial charge in [0.05, 0.1) is 11.5 Å². The number of nitrogens with one attached hydrogen (secondary N) is 2. The Morgan fingerprint density at radius 3 is 2.06 bits per heavy atom. The molecule has 3 aromatic carbocycles. The molecule has 6 nitrogen and oxygen atoms in total. The van der Waals surface area contributed by atoms with Gasteiger partial charge in [0.2, 0.25) is 5.91 Å². The van der Waals surface area contributed by atoms with Crippen LogP contribution < -0.4 is 15.4 Å². The van der Waals surface area contributed by atoms with Crippen LogP contribution in [-0.2, 0) is 9.59 Å². The number of thioether (sulfide) groups is 1. The Kier molecular flexibility index (Phi) is 7.84. The first-order valence-corrected chi connectivity index (χ1v) is 10.8. The number of rotatable bonds is 8. The van der Waals surface area contributed by atoms with E-state index < -0.39 is 5.97 Å². The molecule has 3 aromatic rings. The third kappa shape index (κ3) is 7.31. The van der Waals surface area contributed by atoms with E-state index in [4.69, 9.17) is 4.74 Å². The first kappa shape index (κ1) is 22.1. The van der Waals surface area contributed by atoms with Gasteiger partial charge in [0.25, 0.3) is 5.91 Å². The van der Waals surface area contributed by atoms with E-state index in [1.54, 1.807) is 48.5 Å². The summed E-state index contributed by atoms with van der Waals surface area (Å²) in [6.07, 6.45) is 0. The first-order chi connectivity index (χ1) is 15.0. The summed E-state index contributed by atoms with van der Waals surface area (Å²) in [4.78, 5) is 36.1. The van der Waals surface area contributed by atoms with Crippen LogP contribution in [0.5, 0.6) is 5.75 Å². The van der Waals surface area contributed by atoms with Crippen LogP contribution in [0.25, 0.3) is 0 Å². The molecule has 0 aliphatic carbocycles. The highest BCUT2D eigenvalue weighted by atomic mass is 32.2. The quantitative estimate of drug-likeness (QED) is 0.402. The monoisotopic (exact) mass is 434 g/mol. The number of carbonyl (C=O) groups is 3. The van der Waals surface area contributed by atoms with Crippen LogP contribution in [0.4, 0.5) is 11.4 Å². The van der Waals surface area contributed by atoms with E-state index in [2.05, 4.69) is 10.6 Å².